The maximum atomic E-state index is 12.9. The van der Waals surface area contributed by atoms with E-state index in [4.69, 9.17) is 0 Å². The molecule has 0 saturated carbocycles. The second-order valence-electron chi connectivity index (χ2n) is 6.33. The van der Waals surface area contributed by atoms with Crippen LogP contribution in [0, 0.1) is 13.8 Å². The second kappa shape index (κ2) is 6.59. The van der Waals surface area contributed by atoms with Crippen molar-refractivity contribution in [1.82, 2.24) is 9.47 Å². The Morgan fingerprint density at radius 3 is 2.70 bits per heavy atom. The first-order valence-electron chi connectivity index (χ1n) is 8.24. The number of rotatable bonds is 4. The fraction of sp³-hybridized carbons (Fsp3) is 0.421. The van der Waals surface area contributed by atoms with Gasteiger partial charge in [0.15, 0.2) is 0 Å². The highest BCUT2D eigenvalue weighted by molar-refractivity contribution is 5.96. The molecule has 1 fully saturated rings. The molecule has 0 radical (unpaired) electrons. The van der Waals surface area contributed by atoms with Crippen molar-refractivity contribution >= 4 is 5.91 Å². The number of aryl methyl sites for hydroxylation is 1. The molecule has 122 valence electrons. The van der Waals surface area contributed by atoms with Gasteiger partial charge in [0.05, 0.1) is 18.2 Å². The minimum absolute atomic E-state index is 0.0281. The van der Waals surface area contributed by atoms with Gasteiger partial charge < -0.3 is 14.6 Å². The zero-order valence-corrected chi connectivity index (χ0v) is 13.8. The number of hydrogen-bond donors (Lipinski definition) is 1. The number of aliphatic hydroxyl groups is 1. The first-order chi connectivity index (χ1) is 11.1. The normalized spacial score (nSPS) is 17.7. The third kappa shape index (κ3) is 3.04. The second-order valence-corrected chi connectivity index (χ2v) is 6.33. The molecule has 0 unspecified atom stereocenters. The highest BCUT2D eigenvalue weighted by Gasteiger charge is 2.30. The zero-order chi connectivity index (χ0) is 16.4. The van der Waals surface area contributed by atoms with Crippen LogP contribution in [0.5, 0.6) is 0 Å². The lowest BCUT2D eigenvalue weighted by molar-refractivity contribution is 0.0677. The van der Waals surface area contributed by atoms with Gasteiger partial charge in [0.25, 0.3) is 5.91 Å². The summed E-state index contributed by atoms with van der Waals surface area (Å²) in [6.07, 6.45) is 1.87. The minimum atomic E-state index is -0.0281. The summed E-state index contributed by atoms with van der Waals surface area (Å²) in [5.41, 5.74) is 4.08. The summed E-state index contributed by atoms with van der Waals surface area (Å²) in [6.45, 7) is 5.61. The number of aromatic nitrogens is 1. The lowest BCUT2D eigenvalue weighted by Crippen LogP contribution is -2.37. The number of nitrogens with zero attached hydrogens (tertiary/aromatic N) is 2. The summed E-state index contributed by atoms with van der Waals surface area (Å²) in [4.78, 5) is 14.7. The Labute approximate surface area is 137 Å². The van der Waals surface area contributed by atoms with E-state index in [1.54, 1.807) is 0 Å². The molecular formula is C19H24N2O2. The van der Waals surface area contributed by atoms with Crippen LogP contribution in [-0.2, 0) is 6.54 Å². The summed E-state index contributed by atoms with van der Waals surface area (Å²) < 4.78 is 2.19. The lowest BCUT2D eigenvalue weighted by atomic mass is 10.2. The third-order valence-electron chi connectivity index (χ3n) is 4.84. The van der Waals surface area contributed by atoms with Gasteiger partial charge in [-0.1, -0.05) is 30.3 Å². The van der Waals surface area contributed by atoms with Gasteiger partial charge in [-0.3, -0.25) is 4.79 Å². The maximum Gasteiger partial charge on any atom is 0.256 e. The molecule has 23 heavy (non-hydrogen) atoms. The van der Waals surface area contributed by atoms with Crippen LogP contribution >= 0.6 is 0 Å². The Balaban J connectivity index is 1.87. The molecule has 2 aromatic rings. The summed E-state index contributed by atoms with van der Waals surface area (Å²) in [7, 11) is 0. The predicted molar refractivity (Wildman–Crippen MR) is 90.6 cm³/mol. The van der Waals surface area contributed by atoms with Gasteiger partial charge in [-0.05, 0) is 38.3 Å². The highest BCUT2D eigenvalue weighted by atomic mass is 16.3. The Morgan fingerprint density at radius 1 is 1.26 bits per heavy atom. The van der Waals surface area contributed by atoms with Crippen LogP contribution in [0.15, 0.2) is 36.4 Å². The number of carbonyl (C=O) groups excluding carboxylic acids is 1. The molecule has 4 nitrogen and oxygen atoms in total. The van der Waals surface area contributed by atoms with Gasteiger partial charge in [-0.25, -0.2) is 0 Å². The number of hydrogen-bond acceptors (Lipinski definition) is 2. The van der Waals surface area contributed by atoms with E-state index in [1.807, 2.05) is 43.0 Å². The monoisotopic (exact) mass is 312 g/mol. The van der Waals surface area contributed by atoms with Crippen LogP contribution in [-0.4, -0.2) is 39.7 Å². The largest absolute Gasteiger partial charge is 0.394 e. The van der Waals surface area contributed by atoms with Crippen molar-refractivity contribution in [2.75, 3.05) is 13.2 Å². The fourth-order valence-corrected chi connectivity index (χ4v) is 3.47. The summed E-state index contributed by atoms with van der Waals surface area (Å²) in [6, 6.07) is 12.2. The summed E-state index contributed by atoms with van der Waals surface area (Å²) >= 11 is 0. The zero-order valence-electron chi connectivity index (χ0n) is 13.8. The molecule has 1 aromatic heterocycles. The first-order valence-corrected chi connectivity index (χ1v) is 8.24. The van der Waals surface area contributed by atoms with E-state index < -0.39 is 0 Å². The van der Waals surface area contributed by atoms with Crippen LogP contribution in [0.4, 0.5) is 0 Å². The van der Waals surface area contributed by atoms with Crippen LogP contribution in [0.1, 0.15) is 40.2 Å². The van der Waals surface area contributed by atoms with Crippen molar-refractivity contribution in [2.45, 2.75) is 39.3 Å². The van der Waals surface area contributed by atoms with Gasteiger partial charge in [0.2, 0.25) is 0 Å². The van der Waals surface area contributed by atoms with Crippen molar-refractivity contribution in [3.8, 4) is 0 Å². The number of carbonyl (C=O) groups is 1. The molecule has 1 aliphatic heterocycles. The van der Waals surface area contributed by atoms with E-state index in [2.05, 4.69) is 16.7 Å². The molecule has 1 aromatic carbocycles. The highest BCUT2D eigenvalue weighted by Crippen LogP contribution is 2.24. The molecule has 0 bridgehead atoms. The van der Waals surface area contributed by atoms with Crippen molar-refractivity contribution in [3.63, 3.8) is 0 Å². The SMILES string of the molecule is Cc1cc(C(=O)N2CCC[C@@H]2CO)c(C)n1Cc1ccccc1. The van der Waals surface area contributed by atoms with Gasteiger partial charge in [0, 0.05) is 24.5 Å². The van der Waals surface area contributed by atoms with Crippen molar-refractivity contribution < 1.29 is 9.90 Å². The topological polar surface area (TPSA) is 45.5 Å². The fourth-order valence-electron chi connectivity index (χ4n) is 3.47. The Kier molecular flexibility index (Phi) is 4.53. The molecule has 2 heterocycles. The van der Waals surface area contributed by atoms with E-state index in [1.165, 1.54) is 5.56 Å². The van der Waals surface area contributed by atoms with Crippen molar-refractivity contribution in [2.24, 2.45) is 0 Å². The van der Waals surface area contributed by atoms with E-state index >= 15 is 0 Å². The standard InChI is InChI=1S/C19H24N2O2/c1-14-11-18(19(23)20-10-6-9-17(20)13-22)15(2)21(14)12-16-7-4-3-5-8-16/h3-5,7-8,11,17,22H,6,9-10,12-13H2,1-2H3/t17-/m1/s1. The molecule has 1 N–H and O–H groups in total. The Morgan fingerprint density at radius 2 is 2.00 bits per heavy atom. The van der Waals surface area contributed by atoms with Gasteiger partial charge in [-0.15, -0.1) is 0 Å². The van der Waals surface area contributed by atoms with Crippen LogP contribution in [0.3, 0.4) is 0 Å². The maximum absolute atomic E-state index is 12.9. The van der Waals surface area contributed by atoms with E-state index in [-0.39, 0.29) is 18.6 Å². The van der Waals surface area contributed by atoms with Crippen LogP contribution < -0.4 is 0 Å². The van der Waals surface area contributed by atoms with Crippen molar-refractivity contribution in [3.05, 3.63) is 58.9 Å². The van der Waals surface area contributed by atoms with Crippen molar-refractivity contribution in [1.29, 1.82) is 0 Å². The summed E-state index contributed by atoms with van der Waals surface area (Å²) in [5, 5.41) is 9.46. The van der Waals surface area contributed by atoms with E-state index in [0.29, 0.717) is 0 Å². The molecule has 4 heteroatoms. The molecule has 1 saturated heterocycles. The third-order valence-corrected chi connectivity index (χ3v) is 4.84. The molecule has 1 aliphatic rings. The quantitative estimate of drug-likeness (QED) is 0.943. The van der Waals surface area contributed by atoms with Gasteiger partial charge >= 0.3 is 0 Å². The van der Waals surface area contributed by atoms with E-state index in [0.717, 1.165) is 42.9 Å². The molecule has 3 rings (SSSR count). The minimum Gasteiger partial charge on any atom is -0.394 e. The Hall–Kier alpha value is -2.07. The van der Waals surface area contributed by atoms with Crippen LogP contribution in [0.25, 0.3) is 0 Å². The average Bonchev–Trinajstić information content (AvgIpc) is 3.15. The molecule has 0 spiro atoms. The average molecular weight is 312 g/mol. The number of benzene rings is 1. The summed E-state index contributed by atoms with van der Waals surface area (Å²) in [5.74, 6) is 0.0500. The molecule has 1 amide bonds. The number of likely N-dealkylation sites (tertiary alicyclic amines) is 1. The van der Waals surface area contributed by atoms with Gasteiger partial charge in [-0.2, -0.15) is 0 Å². The number of aliphatic hydroxyl groups excluding tert-OH is 1. The molecule has 1 atom stereocenters. The Bertz CT molecular complexity index is 691. The molecule has 0 aliphatic carbocycles. The molecular weight excluding hydrogens is 288 g/mol. The lowest BCUT2D eigenvalue weighted by Gasteiger charge is -2.23. The van der Waals surface area contributed by atoms with Crippen LogP contribution in [0.2, 0.25) is 0 Å². The predicted octanol–water partition coefficient (Wildman–Crippen LogP) is 2.75. The number of amides is 1. The first kappa shape index (κ1) is 15.8. The smallest absolute Gasteiger partial charge is 0.256 e. The van der Waals surface area contributed by atoms with Gasteiger partial charge in [0.1, 0.15) is 0 Å². The van der Waals surface area contributed by atoms with E-state index in [9.17, 15) is 9.90 Å².